The van der Waals surface area contributed by atoms with Gasteiger partial charge in [0.05, 0.1) is 11.7 Å². The van der Waals surface area contributed by atoms with Crippen LogP contribution in [-0.2, 0) is 0 Å². The van der Waals surface area contributed by atoms with Crippen molar-refractivity contribution in [3.8, 4) is 11.4 Å². The third kappa shape index (κ3) is 1.29. The molecule has 0 amide bonds. The standard InChI is InChI=1S/C13H11N3/c1-10-3-2-8-16-12(10)9-15-13(16)11-4-6-14-7-5-11/h2-9H,1H3. The van der Waals surface area contributed by atoms with E-state index in [1.54, 1.807) is 12.4 Å². The van der Waals surface area contributed by atoms with Gasteiger partial charge in [0.15, 0.2) is 0 Å². The summed E-state index contributed by atoms with van der Waals surface area (Å²) in [6.45, 7) is 2.09. The normalized spacial score (nSPS) is 10.8. The van der Waals surface area contributed by atoms with E-state index in [1.807, 2.05) is 30.6 Å². The molecule has 16 heavy (non-hydrogen) atoms. The number of aromatic nitrogens is 3. The van der Waals surface area contributed by atoms with Gasteiger partial charge in [-0.2, -0.15) is 0 Å². The maximum absolute atomic E-state index is 4.46. The first-order valence-electron chi connectivity index (χ1n) is 5.19. The molecule has 0 N–H and O–H groups in total. The first kappa shape index (κ1) is 9.09. The van der Waals surface area contributed by atoms with Gasteiger partial charge >= 0.3 is 0 Å². The summed E-state index contributed by atoms with van der Waals surface area (Å²) in [6, 6.07) is 8.07. The van der Waals surface area contributed by atoms with E-state index in [2.05, 4.69) is 27.4 Å². The quantitative estimate of drug-likeness (QED) is 0.616. The molecule has 3 aromatic heterocycles. The van der Waals surface area contributed by atoms with Gasteiger partial charge in [0, 0.05) is 24.2 Å². The number of rotatable bonds is 1. The highest BCUT2D eigenvalue weighted by molar-refractivity contribution is 5.64. The third-order valence-corrected chi connectivity index (χ3v) is 2.72. The Morgan fingerprint density at radius 2 is 1.94 bits per heavy atom. The fourth-order valence-corrected chi connectivity index (χ4v) is 1.88. The van der Waals surface area contributed by atoms with Crippen LogP contribution in [0.1, 0.15) is 5.56 Å². The lowest BCUT2D eigenvalue weighted by Crippen LogP contribution is -1.90. The molecule has 0 radical (unpaired) electrons. The van der Waals surface area contributed by atoms with E-state index in [0.717, 1.165) is 16.9 Å². The molecule has 3 rings (SSSR count). The first-order valence-corrected chi connectivity index (χ1v) is 5.19. The number of nitrogens with zero attached hydrogens (tertiary/aromatic N) is 3. The molecule has 3 aromatic rings. The van der Waals surface area contributed by atoms with Crippen LogP contribution in [-0.4, -0.2) is 14.4 Å². The largest absolute Gasteiger partial charge is 0.300 e. The van der Waals surface area contributed by atoms with E-state index < -0.39 is 0 Å². The van der Waals surface area contributed by atoms with Crippen molar-refractivity contribution < 1.29 is 0 Å². The van der Waals surface area contributed by atoms with Crippen LogP contribution in [0.5, 0.6) is 0 Å². The minimum atomic E-state index is 0.959. The average Bonchev–Trinajstić information content (AvgIpc) is 2.75. The van der Waals surface area contributed by atoms with Gasteiger partial charge in [-0.1, -0.05) is 6.07 Å². The minimum Gasteiger partial charge on any atom is -0.300 e. The Labute approximate surface area is 93.4 Å². The van der Waals surface area contributed by atoms with Gasteiger partial charge < -0.3 is 0 Å². The molecule has 0 saturated carbocycles. The molecule has 0 bridgehead atoms. The maximum atomic E-state index is 4.46. The van der Waals surface area contributed by atoms with E-state index in [4.69, 9.17) is 0 Å². The van der Waals surface area contributed by atoms with Gasteiger partial charge in [0.2, 0.25) is 0 Å². The molecule has 0 atom stereocenters. The van der Waals surface area contributed by atoms with Crippen molar-refractivity contribution in [2.45, 2.75) is 6.92 Å². The van der Waals surface area contributed by atoms with Gasteiger partial charge in [-0.05, 0) is 30.7 Å². The van der Waals surface area contributed by atoms with Crippen molar-refractivity contribution in [1.29, 1.82) is 0 Å². The van der Waals surface area contributed by atoms with Crippen molar-refractivity contribution in [2.24, 2.45) is 0 Å². The summed E-state index contributed by atoms with van der Waals surface area (Å²) in [5.74, 6) is 0.959. The number of aryl methyl sites for hydroxylation is 1. The zero-order chi connectivity index (χ0) is 11.0. The summed E-state index contributed by atoms with van der Waals surface area (Å²) in [6.07, 6.45) is 7.51. The van der Waals surface area contributed by atoms with Crippen molar-refractivity contribution in [3.05, 3.63) is 54.6 Å². The molecule has 0 spiro atoms. The monoisotopic (exact) mass is 209 g/mol. The molecule has 0 saturated heterocycles. The van der Waals surface area contributed by atoms with Crippen LogP contribution in [0.15, 0.2) is 49.1 Å². The molecule has 0 aliphatic heterocycles. The van der Waals surface area contributed by atoms with Crippen LogP contribution in [0.3, 0.4) is 0 Å². The first-order chi connectivity index (χ1) is 7.86. The van der Waals surface area contributed by atoms with E-state index in [9.17, 15) is 0 Å². The molecule has 3 heteroatoms. The Morgan fingerprint density at radius 1 is 1.12 bits per heavy atom. The Kier molecular flexibility index (Phi) is 1.96. The molecule has 0 aliphatic carbocycles. The highest BCUT2D eigenvalue weighted by Crippen LogP contribution is 2.20. The fraction of sp³-hybridized carbons (Fsp3) is 0.0769. The van der Waals surface area contributed by atoms with Crippen LogP contribution < -0.4 is 0 Å². The van der Waals surface area contributed by atoms with E-state index in [0.29, 0.717) is 0 Å². The summed E-state index contributed by atoms with van der Waals surface area (Å²) >= 11 is 0. The summed E-state index contributed by atoms with van der Waals surface area (Å²) in [4.78, 5) is 8.48. The van der Waals surface area contributed by atoms with Crippen LogP contribution >= 0.6 is 0 Å². The molecule has 0 fully saturated rings. The van der Waals surface area contributed by atoms with Gasteiger partial charge in [0.25, 0.3) is 0 Å². The highest BCUT2D eigenvalue weighted by Gasteiger charge is 2.06. The molecular weight excluding hydrogens is 198 g/mol. The van der Waals surface area contributed by atoms with Crippen LogP contribution in [0.25, 0.3) is 16.9 Å². The summed E-state index contributed by atoms with van der Waals surface area (Å²) < 4.78 is 2.10. The molecule has 78 valence electrons. The second kappa shape index (κ2) is 3.45. The summed E-state index contributed by atoms with van der Waals surface area (Å²) in [5, 5.41) is 0. The van der Waals surface area contributed by atoms with E-state index >= 15 is 0 Å². The topological polar surface area (TPSA) is 30.2 Å². The van der Waals surface area contributed by atoms with E-state index in [1.165, 1.54) is 5.56 Å². The maximum Gasteiger partial charge on any atom is 0.144 e. The molecule has 3 heterocycles. The number of fused-ring (bicyclic) bond motifs is 1. The van der Waals surface area contributed by atoms with Crippen LogP contribution in [0.4, 0.5) is 0 Å². The second-order valence-corrected chi connectivity index (χ2v) is 3.76. The highest BCUT2D eigenvalue weighted by atomic mass is 15.0. The van der Waals surface area contributed by atoms with Crippen molar-refractivity contribution in [2.75, 3.05) is 0 Å². The van der Waals surface area contributed by atoms with Crippen molar-refractivity contribution in [1.82, 2.24) is 14.4 Å². The van der Waals surface area contributed by atoms with Gasteiger partial charge in [0.1, 0.15) is 5.82 Å². The van der Waals surface area contributed by atoms with Gasteiger partial charge in [-0.3, -0.25) is 9.38 Å². The van der Waals surface area contributed by atoms with Crippen molar-refractivity contribution >= 4 is 5.52 Å². The molecule has 0 aromatic carbocycles. The molecule has 3 nitrogen and oxygen atoms in total. The Bertz CT molecular complexity index is 626. The Balaban J connectivity index is 2.30. The predicted octanol–water partition coefficient (Wildman–Crippen LogP) is 2.70. The molecule has 0 aliphatic rings. The summed E-state index contributed by atoms with van der Waals surface area (Å²) in [5.41, 5.74) is 3.46. The van der Waals surface area contributed by atoms with Crippen LogP contribution in [0.2, 0.25) is 0 Å². The lowest BCUT2D eigenvalue weighted by molar-refractivity contribution is 1.15. The van der Waals surface area contributed by atoms with Crippen molar-refractivity contribution in [3.63, 3.8) is 0 Å². The lowest BCUT2D eigenvalue weighted by atomic mass is 10.2. The van der Waals surface area contributed by atoms with E-state index in [-0.39, 0.29) is 0 Å². The molecular formula is C13H11N3. The Morgan fingerprint density at radius 3 is 2.75 bits per heavy atom. The fourth-order valence-electron chi connectivity index (χ4n) is 1.88. The third-order valence-electron chi connectivity index (χ3n) is 2.72. The molecule has 0 unspecified atom stereocenters. The number of imidazole rings is 1. The van der Waals surface area contributed by atoms with Gasteiger partial charge in [-0.15, -0.1) is 0 Å². The number of hydrogen-bond donors (Lipinski definition) is 0. The lowest BCUT2D eigenvalue weighted by Gasteiger charge is -2.02. The summed E-state index contributed by atoms with van der Waals surface area (Å²) in [7, 11) is 0. The van der Waals surface area contributed by atoms with Gasteiger partial charge in [-0.25, -0.2) is 4.98 Å². The average molecular weight is 209 g/mol. The number of pyridine rings is 2. The zero-order valence-electron chi connectivity index (χ0n) is 8.96. The number of hydrogen-bond acceptors (Lipinski definition) is 2. The SMILES string of the molecule is Cc1cccn2c(-c3ccncc3)ncc12. The second-order valence-electron chi connectivity index (χ2n) is 3.76. The Hall–Kier alpha value is -2.16. The van der Waals surface area contributed by atoms with Crippen LogP contribution in [0, 0.1) is 6.92 Å². The minimum absolute atomic E-state index is 0.959. The zero-order valence-corrected chi connectivity index (χ0v) is 8.96. The predicted molar refractivity (Wildman–Crippen MR) is 63.2 cm³/mol. The smallest absolute Gasteiger partial charge is 0.144 e.